The van der Waals surface area contributed by atoms with Gasteiger partial charge >= 0.3 is 0 Å². The summed E-state index contributed by atoms with van der Waals surface area (Å²) < 4.78 is 12.8. The summed E-state index contributed by atoms with van der Waals surface area (Å²) in [5.41, 5.74) is 3.46. The highest BCUT2D eigenvalue weighted by molar-refractivity contribution is 5.46. The Kier molecular flexibility index (Phi) is 5.69. The minimum atomic E-state index is 0.699. The van der Waals surface area contributed by atoms with E-state index in [0.717, 1.165) is 35.7 Å². The van der Waals surface area contributed by atoms with Gasteiger partial charge in [-0.25, -0.2) is 0 Å². The largest absolute Gasteiger partial charge is 0.493 e. The minimum Gasteiger partial charge on any atom is -0.493 e. The third kappa shape index (κ3) is 4.39. The average molecular weight is 337 g/mol. The number of aromatic nitrogens is 2. The molecule has 3 aromatic rings. The van der Waals surface area contributed by atoms with Gasteiger partial charge in [-0.05, 0) is 11.6 Å². The molecular weight excluding hydrogens is 314 g/mol. The van der Waals surface area contributed by atoms with Crippen LogP contribution in [0.3, 0.4) is 0 Å². The Labute approximate surface area is 148 Å². The minimum absolute atomic E-state index is 0.699. The third-order valence-electron chi connectivity index (χ3n) is 4.00. The van der Waals surface area contributed by atoms with Crippen LogP contribution in [0.1, 0.15) is 16.7 Å². The van der Waals surface area contributed by atoms with E-state index in [0.29, 0.717) is 6.54 Å². The number of methoxy groups -OCH3 is 2. The van der Waals surface area contributed by atoms with Crippen LogP contribution in [0.25, 0.3) is 0 Å². The molecule has 0 aliphatic carbocycles. The van der Waals surface area contributed by atoms with Gasteiger partial charge in [-0.3, -0.25) is 4.68 Å². The molecule has 1 heterocycles. The van der Waals surface area contributed by atoms with E-state index in [9.17, 15) is 0 Å². The zero-order valence-electron chi connectivity index (χ0n) is 14.6. The van der Waals surface area contributed by atoms with Crippen molar-refractivity contribution in [3.63, 3.8) is 0 Å². The Bertz CT molecular complexity index is 800. The molecule has 0 saturated carbocycles. The molecule has 130 valence electrons. The van der Waals surface area contributed by atoms with Crippen molar-refractivity contribution in [1.29, 1.82) is 0 Å². The van der Waals surface area contributed by atoms with Crippen LogP contribution >= 0.6 is 0 Å². The van der Waals surface area contributed by atoms with E-state index in [1.807, 2.05) is 47.3 Å². The molecule has 2 aromatic carbocycles. The molecule has 0 fully saturated rings. The van der Waals surface area contributed by atoms with Gasteiger partial charge in [0.2, 0.25) is 0 Å². The van der Waals surface area contributed by atoms with Crippen molar-refractivity contribution in [2.24, 2.45) is 0 Å². The summed E-state index contributed by atoms with van der Waals surface area (Å²) >= 11 is 0. The van der Waals surface area contributed by atoms with Crippen LogP contribution in [0.2, 0.25) is 0 Å². The van der Waals surface area contributed by atoms with Crippen molar-refractivity contribution in [2.45, 2.75) is 19.6 Å². The van der Waals surface area contributed by atoms with Crippen molar-refractivity contribution in [2.75, 3.05) is 14.2 Å². The molecule has 0 bridgehead atoms. The summed E-state index contributed by atoms with van der Waals surface area (Å²) in [5, 5.41) is 7.86. The van der Waals surface area contributed by atoms with E-state index in [1.54, 1.807) is 14.2 Å². The molecule has 0 atom stereocenters. The maximum absolute atomic E-state index is 5.46. The third-order valence-corrected chi connectivity index (χ3v) is 4.00. The number of nitrogens with zero attached hydrogens (tertiary/aromatic N) is 2. The molecule has 0 aliphatic rings. The summed E-state index contributed by atoms with van der Waals surface area (Å²) in [7, 11) is 3.31. The first-order valence-electron chi connectivity index (χ1n) is 8.26. The van der Waals surface area contributed by atoms with Gasteiger partial charge < -0.3 is 14.8 Å². The normalized spacial score (nSPS) is 10.6. The molecular formula is C20H23N3O2. The number of ether oxygens (including phenoxy) is 2. The van der Waals surface area contributed by atoms with Crippen molar-refractivity contribution in [1.82, 2.24) is 15.1 Å². The van der Waals surface area contributed by atoms with Gasteiger partial charge in [0.25, 0.3) is 0 Å². The van der Waals surface area contributed by atoms with Gasteiger partial charge in [0, 0.05) is 30.4 Å². The van der Waals surface area contributed by atoms with Crippen molar-refractivity contribution >= 4 is 0 Å². The van der Waals surface area contributed by atoms with E-state index >= 15 is 0 Å². The summed E-state index contributed by atoms with van der Waals surface area (Å²) in [6.45, 7) is 2.23. The zero-order valence-corrected chi connectivity index (χ0v) is 14.6. The molecule has 1 N–H and O–H groups in total. The van der Waals surface area contributed by atoms with E-state index in [-0.39, 0.29) is 0 Å². The Hall–Kier alpha value is -2.79. The van der Waals surface area contributed by atoms with Gasteiger partial charge in [-0.2, -0.15) is 5.10 Å². The molecule has 5 nitrogen and oxygen atoms in total. The lowest BCUT2D eigenvalue weighted by Crippen LogP contribution is -2.13. The van der Waals surface area contributed by atoms with Crippen LogP contribution in [0, 0.1) is 0 Å². The van der Waals surface area contributed by atoms with E-state index in [4.69, 9.17) is 9.47 Å². The van der Waals surface area contributed by atoms with E-state index < -0.39 is 0 Å². The molecule has 0 radical (unpaired) electrons. The number of hydrogen-bond acceptors (Lipinski definition) is 4. The summed E-state index contributed by atoms with van der Waals surface area (Å²) in [6, 6.07) is 16.2. The van der Waals surface area contributed by atoms with Crippen molar-refractivity contribution in [3.8, 4) is 11.5 Å². The monoisotopic (exact) mass is 337 g/mol. The maximum atomic E-state index is 5.46. The lowest BCUT2D eigenvalue weighted by atomic mass is 10.2. The number of benzene rings is 2. The first-order valence-corrected chi connectivity index (χ1v) is 8.26. The van der Waals surface area contributed by atoms with Gasteiger partial charge in [-0.15, -0.1) is 0 Å². The fourth-order valence-corrected chi connectivity index (χ4v) is 2.79. The lowest BCUT2D eigenvalue weighted by molar-refractivity contribution is 0.350. The van der Waals surface area contributed by atoms with Gasteiger partial charge in [0.05, 0.1) is 27.0 Å². The number of rotatable bonds is 8. The van der Waals surface area contributed by atoms with Crippen LogP contribution in [-0.2, 0) is 19.6 Å². The molecule has 0 unspecified atom stereocenters. The second-order valence-corrected chi connectivity index (χ2v) is 5.79. The van der Waals surface area contributed by atoms with Crippen LogP contribution < -0.4 is 14.8 Å². The van der Waals surface area contributed by atoms with Crippen LogP contribution in [0.4, 0.5) is 0 Å². The van der Waals surface area contributed by atoms with Gasteiger partial charge in [-0.1, -0.05) is 42.5 Å². The van der Waals surface area contributed by atoms with Crippen molar-refractivity contribution < 1.29 is 9.47 Å². The fraction of sp³-hybridized carbons (Fsp3) is 0.250. The summed E-state index contributed by atoms with van der Waals surface area (Å²) in [4.78, 5) is 0. The molecule has 5 heteroatoms. The quantitative estimate of drug-likeness (QED) is 0.685. The van der Waals surface area contributed by atoms with Crippen LogP contribution in [0.15, 0.2) is 60.9 Å². The SMILES string of the molecule is COc1cccc(CNCc2cnn(Cc3ccccc3)c2)c1OC. The van der Waals surface area contributed by atoms with E-state index in [1.165, 1.54) is 5.56 Å². The highest BCUT2D eigenvalue weighted by Gasteiger charge is 2.09. The number of para-hydroxylation sites is 1. The highest BCUT2D eigenvalue weighted by atomic mass is 16.5. The first kappa shape index (κ1) is 17.0. The number of nitrogens with one attached hydrogen (secondary N) is 1. The van der Waals surface area contributed by atoms with Gasteiger partial charge in [0.1, 0.15) is 0 Å². The average Bonchev–Trinajstić information content (AvgIpc) is 3.09. The van der Waals surface area contributed by atoms with Gasteiger partial charge in [0.15, 0.2) is 11.5 Å². The van der Waals surface area contributed by atoms with Crippen LogP contribution in [0.5, 0.6) is 11.5 Å². The summed E-state index contributed by atoms with van der Waals surface area (Å²) in [6.07, 6.45) is 3.97. The standard InChI is InChI=1S/C20H23N3O2/c1-24-19-10-6-9-18(20(19)25-2)13-21-11-17-12-22-23(15-17)14-16-7-4-3-5-8-16/h3-10,12,15,21H,11,13-14H2,1-2H3. The molecule has 0 aliphatic heterocycles. The lowest BCUT2D eigenvalue weighted by Gasteiger charge is -2.12. The molecule has 0 saturated heterocycles. The smallest absolute Gasteiger partial charge is 0.165 e. The number of hydrogen-bond donors (Lipinski definition) is 1. The Morgan fingerprint density at radius 2 is 1.76 bits per heavy atom. The molecule has 25 heavy (non-hydrogen) atoms. The van der Waals surface area contributed by atoms with E-state index in [2.05, 4.69) is 28.7 Å². The predicted octanol–water partition coefficient (Wildman–Crippen LogP) is 3.24. The maximum Gasteiger partial charge on any atom is 0.165 e. The zero-order chi connectivity index (χ0) is 17.5. The molecule has 0 spiro atoms. The first-order chi connectivity index (χ1) is 12.3. The Balaban J connectivity index is 1.56. The Morgan fingerprint density at radius 3 is 2.52 bits per heavy atom. The molecule has 3 rings (SSSR count). The molecule has 1 aromatic heterocycles. The van der Waals surface area contributed by atoms with Crippen molar-refractivity contribution in [3.05, 3.63) is 77.6 Å². The highest BCUT2D eigenvalue weighted by Crippen LogP contribution is 2.30. The second-order valence-electron chi connectivity index (χ2n) is 5.79. The predicted molar refractivity (Wildman–Crippen MR) is 97.9 cm³/mol. The van der Waals surface area contributed by atoms with Crippen LogP contribution in [-0.4, -0.2) is 24.0 Å². The molecule has 0 amide bonds. The fourth-order valence-electron chi connectivity index (χ4n) is 2.79. The Morgan fingerprint density at radius 1 is 0.920 bits per heavy atom. The topological polar surface area (TPSA) is 48.3 Å². The second kappa shape index (κ2) is 8.35. The summed E-state index contributed by atoms with van der Waals surface area (Å²) in [5.74, 6) is 1.52.